The quantitative estimate of drug-likeness (QED) is 0.155. The minimum atomic E-state index is -1.27. The fraction of sp³-hybridized carbons (Fsp3) is 0.294. The van der Waals surface area contributed by atoms with Crippen LogP contribution in [0.4, 0.5) is 11.8 Å². The van der Waals surface area contributed by atoms with Crippen molar-refractivity contribution in [1.82, 2.24) is 39.3 Å². The van der Waals surface area contributed by atoms with Crippen LogP contribution in [-0.4, -0.2) is 74.8 Å². The summed E-state index contributed by atoms with van der Waals surface area (Å²) in [4.78, 5) is 22.9. The summed E-state index contributed by atoms with van der Waals surface area (Å²) in [6, 6.07) is 24.5. The van der Waals surface area contributed by atoms with E-state index in [2.05, 4.69) is 61.0 Å². The molecule has 7 rings (SSSR count). The van der Waals surface area contributed by atoms with Gasteiger partial charge in [-0.25, -0.2) is 9.97 Å². The van der Waals surface area contributed by atoms with Gasteiger partial charge in [0, 0.05) is 37.9 Å². The Hall–Kier alpha value is -5.24. The second-order valence-corrected chi connectivity index (χ2v) is 11.3. The van der Waals surface area contributed by atoms with Crippen molar-refractivity contribution in [3.05, 3.63) is 109 Å². The van der Waals surface area contributed by atoms with Crippen LogP contribution in [0.3, 0.4) is 0 Å². The number of aliphatic hydroxyl groups is 2. The van der Waals surface area contributed by atoms with Gasteiger partial charge in [0.15, 0.2) is 35.1 Å². The minimum absolute atomic E-state index is 0.301. The number of aliphatic hydroxyl groups excluding tert-OH is 2. The maximum absolute atomic E-state index is 11.1. The van der Waals surface area contributed by atoms with Gasteiger partial charge in [0.2, 0.25) is 5.95 Å². The molecule has 0 bridgehead atoms. The van der Waals surface area contributed by atoms with Crippen molar-refractivity contribution in [1.29, 1.82) is 0 Å². The second-order valence-electron chi connectivity index (χ2n) is 11.3. The molecular formula is C34H36N10O3. The average Bonchev–Trinajstić information content (AvgIpc) is 3.84. The largest absolute Gasteiger partial charge is 0.387 e. The topological polar surface area (TPSA) is 161 Å². The van der Waals surface area contributed by atoms with Crippen molar-refractivity contribution in [2.45, 2.75) is 50.8 Å². The molecular weight excluding hydrogens is 596 g/mol. The second kappa shape index (κ2) is 13.6. The van der Waals surface area contributed by atoms with E-state index in [-0.39, 0.29) is 0 Å². The molecule has 4 N–H and O–H groups in total. The fourth-order valence-corrected chi connectivity index (χ4v) is 5.80. The first kappa shape index (κ1) is 30.4. The normalized spacial score (nSPS) is 19.3. The number of hydrogen-bond acceptors (Lipinski definition) is 11. The third-order valence-corrected chi connectivity index (χ3v) is 8.25. The van der Waals surface area contributed by atoms with Crippen LogP contribution >= 0.6 is 0 Å². The Bertz CT molecular complexity index is 1930. The Morgan fingerprint density at radius 3 is 2.43 bits per heavy atom. The summed E-state index contributed by atoms with van der Waals surface area (Å²) >= 11 is 0. The summed E-state index contributed by atoms with van der Waals surface area (Å²) < 4.78 is 9.44. The van der Waals surface area contributed by atoms with Crippen LogP contribution in [0, 0.1) is 0 Å². The number of rotatable bonds is 12. The van der Waals surface area contributed by atoms with Gasteiger partial charge in [-0.2, -0.15) is 15.1 Å². The predicted octanol–water partition coefficient (Wildman–Crippen LogP) is 3.80. The summed E-state index contributed by atoms with van der Waals surface area (Å²) in [5, 5.41) is 33.2. The zero-order valence-corrected chi connectivity index (χ0v) is 25.9. The Kier molecular flexibility index (Phi) is 8.82. The van der Waals surface area contributed by atoms with Gasteiger partial charge in [-0.15, -0.1) is 0 Å². The lowest BCUT2D eigenvalue weighted by molar-refractivity contribution is -0.0383. The molecule has 0 aliphatic carbocycles. The Morgan fingerprint density at radius 2 is 1.62 bits per heavy atom. The van der Waals surface area contributed by atoms with E-state index in [0.717, 1.165) is 17.7 Å². The van der Waals surface area contributed by atoms with E-state index in [1.54, 1.807) is 28.1 Å². The first-order chi connectivity index (χ1) is 23.1. The van der Waals surface area contributed by atoms with Crippen molar-refractivity contribution in [3.8, 4) is 11.1 Å². The number of aryl methyl sites for hydroxylation is 1. The molecule has 0 saturated carbocycles. The first-order valence-corrected chi connectivity index (χ1v) is 15.8. The van der Waals surface area contributed by atoms with Crippen molar-refractivity contribution in [2.75, 3.05) is 23.7 Å². The van der Waals surface area contributed by atoms with Crippen LogP contribution in [0.2, 0.25) is 0 Å². The van der Waals surface area contributed by atoms with Crippen LogP contribution < -0.4 is 10.6 Å². The van der Waals surface area contributed by atoms with Crippen LogP contribution in [0.5, 0.6) is 0 Å². The number of benzene rings is 2. The predicted molar refractivity (Wildman–Crippen MR) is 176 cm³/mol. The van der Waals surface area contributed by atoms with Crippen LogP contribution in [0.25, 0.3) is 22.3 Å². The van der Waals surface area contributed by atoms with Gasteiger partial charge in [0.1, 0.15) is 18.5 Å². The highest BCUT2D eigenvalue weighted by Gasteiger charge is 2.47. The molecule has 13 nitrogen and oxygen atoms in total. The average molecular weight is 633 g/mol. The Morgan fingerprint density at radius 1 is 0.809 bits per heavy atom. The SMILES string of the molecule is CCn1cnc([C@H]2O[C@@H](n3cnc4c(NCCc5ccccc5-c5ccccc5)nc(NCCc5ccccn5)nc43)[C@H](O)[C@@H]2O)n1. The molecule has 1 aliphatic rings. The van der Waals surface area contributed by atoms with Crippen molar-refractivity contribution in [3.63, 3.8) is 0 Å². The maximum atomic E-state index is 11.1. The van der Waals surface area contributed by atoms with E-state index in [0.29, 0.717) is 54.8 Å². The van der Waals surface area contributed by atoms with Gasteiger partial charge in [0.05, 0.1) is 6.33 Å². The molecule has 1 saturated heterocycles. The zero-order chi connectivity index (χ0) is 32.2. The lowest BCUT2D eigenvalue weighted by atomic mass is 9.98. The van der Waals surface area contributed by atoms with E-state index in [9.17, 15) is 10.2 Å². The van der Waals surface area contributed by atoms with Crippen molar-refractivity contribution < 1.29 is 14.9 Å². The maximum Gasteiger partial charge on any atom is 0.226 e. The molecule has 0 spiro atoms. The number of hydrogen-bond donors (Lipinski definition) is 4. The number of fused-ring (bicyclic) bond motifs is 1. The van der Waals surface area contributed by atoms with Crippen LogP contribution in [-0.2, 0) is 24.1 Å². The first-order valence-electron chi connectivity index (χ1n) is 15.8. The minimum Gasteiger partial charge on any atom is -0.387 e. The van der Waals surface area contributed by atoms with E-state index < -0.39 is 24.5 Å². The van der Waals surface area contributed by atoms with Crippen molar-refractivity contribution in [2.24, 2.45) is 0 Å². The number of pyridine rings is 1. The summed E-state index contributed by atoms with van der Waals surface area (Å²) in [6.07, 6.45) is 1.91. The van der Waals surface area contributed by atoms with Gasteiger partial charge in [-0.05, 0) is 42.2 Å². The van der Waals surface area contributed by atoms with Gasteiger partial charge in [-0.3, -0.25) is 14.2 Å². The number of aromatic nitrogens is 8. The lowest BCUT2D eigenvalue weighted by Crippen LogP contribution is -2.29. The number of nitrogens with zero attached hydrogens (tertiary/aromatic N) is 8. The molecule has 2 aromatic carbocycles. The highest BCUT2D eigenvalue weighted by molar-refractivity contribution is 5.84. The third-order valence-electron chi connectivity index (χ3n) is 8.25. The molecule has 6 aromatic rings. The Balaban J connectivity index is 1.16. The van der Waals surface area contributed by atoms with E-state index in [4.69, 9.17) is 14.7 Å². The molecule has 0 radical (unpaired) electrons. The van der Waals surface area contributed by atoms with Crippen LogP contribution in [0.15, 0.2) is 91.6 Å². The molecule has 1 fully saturated rings. The van der Waals surface area contributed by atoms with Gasteiger partial charge in [-0.1, -0.05) is 60.7 Å². The number of ether oxygens (including phenoxy) is 1. The summed E-state index contributed by atoms with van der Waals surface area (Å²) in [7, 11) is 0. The summed E-state index contributed by atoms with van der Waals surface area (Å²) in [5.74, 6) is 1.23. The molecule has 240 valence electrons. The molecule has 4 atom stereocenters. The zero-order valence-electron chi connectivity index (χ0n) is 25.9. The van der Waals surface area contributed by atoms with Crippen LogP contribution in [0.1, 0.15) is 36.3 Å². The monoisotopic (exact) mass is 632 g/mol. The molecule has 4 aromatic heterocycles. The summed E-state index contributed by atoms with van der Waals surface area (Å²) in [5.41, 5.74) is 5.45. The molecule has 47 heavy (non-hydrogen) atoms. The van der Waals surface area contributed by atoms with Gasteiger partial charge in [0.25, 0.3) is 0 Å². The fourth-order valence-electron chi connectivity index (χ4n) is 5.80. The summed E-state index contributed by atoms with van der Waals surface area (Å²) in [6.45, 7) is 3.70. The van der Waals surface area contributed by atoms with E-state index >= 15 is 0 Å². The molecule has 1 aliphatic heterocycles. The number of imidazole rings is 1. The van der Waals surface area contributed by atoms with Gasteiger partial charge < -0.3 is 25.6 Å². The van der Waals surface area contributed by atoms with E-state index in [1.807, 2.05) is 49.4 Å². The third kappa shape index (κ3) is 6.41. The lowest BCUT2D eigenvalue weighted by Gasteiger charge is -2.17. The number of nitrogens with one attached hydrogen (secondary N) is 2. The molecule has 0 unspecified atom stereocenters. The smallest absolute Gasteiger partial charge is 0.226 e. The highest BCUT2D eigenvalue weighted by atomic mass is 16.6. The molecule has 5 heterocycles. The standard InChI is InChI=1S/C34H36N10O3/c1-2-43-20-39-31(42-43)29-27(45)28(46)33(47-29)44-21-38-26-30(40-34(41-32(26)44)37-19-16-24-13-8-9-17-35-24)36-18-15-23-12-6-7-14-25(23)22-10-4-3-5-11-22/h3-14,17,20-21,27-29,33,45-46H,2,15-16,18-19H2,1H3,(H2,36,37,40,41)/t27-,28+,29-,33+/m0/s1. The van der Waals surface area contributed by atoms with E-state index in [1.165, 1.54) is 11.1 Å². The van der Waals surface area contributed by atoms with Gasteiger partial charge >= 0.3 is 0 Å². The number of anilines is 2. The molecule has 0 amide bonds. The molecule has 13 heteroatoms. The van der Waals surface area contributed by atoms with Crippen molar-refractivity contribution >= 4 is 22.9 Å². The Labute approximate surface area is 271 Å². The highest BCUT2D eigenvalue weighted by Crippen LogP contribution is 2.39.